The lowest BCUT2D eigenvalue weighted by Crippen LogP contribution is -2.38. The summed E-state index contributed by atoms with van der Waals surface area (Å²) < 4.78 is 67.8. The number of nitrogens with two attached hydrogens (primary N) is 1. The van der Waals surface area contributed by atoms with Gasteiger partial charge >= 0.3 is 6.18 Å². The predicted octanol–water partition coefficient (Wildman–Crippen LogP) is 2.61. The van der Waals surface area contributed by atoms with Gasteiger partial charge in [0, 0.05) is 16.7 Å². The Morgan fingerprint density at radius 3 is 2.38 bits per heavy atom. The van der Waals surface area contributed by atoms with Crippen molar-refractivity contribution in [2.75, 3.05) is 25.9 Å². The maximum absolute atomic E-state index is 12.5. The molecule has 0 aromatic heterocycles. The molecular weight excluding hydrogens is 377 g/mol. The predicted molar refractivity (Wildman–Crippen MR) is 75.6 cm³/mol. The molecule has 2 N–H and O–H groups in total. The van der Waals surface area contributed by atoms with E-state index in [1.807, 2.05) is 0 Å². The summed E-state index contributed by atoms with van der Waals surface area (Å²) in [6.07, 6.45) is -4.64. The van der Waals surface area contributed by atoms with E-state index in [4.69, 9.17) is 10.5 Å². The van der Waals surface area contributed by atoms with Crippen LogP contribution in [0.2, 0.25) is 0 Å². The maximum Gasteiger partial charge on any atom is 0.402 e. The van der Waals surface area contributed by atoms with Gasteiger partial charge in [0.25, 0.3) is 0 Å². The Morgan fingerprint density at radius 2 is 1.95 bits per heavy atom. The number of hydrogen-bond acceptors (Lipinski definition) is 4. The van der Waals surface area contributed by atoms with Crippen LogP contribution in [0.1, 0.15) is 6.92 Å². The monoisotopic (exact) mass is 390 g/mol. The molecule has 0 atom stereocenters. The molecule has 0 amide bonds. The van der Waals surface area contributed by atoms with E-state index in [2.05, 4.69) is 15.9 Å². The van der Waals surface area contributed by atoms with Gasteiger partial charge in [0.05, 0.1) is 7.11 Å². The summed E-state index contributed by atoms with van der Waals surface area (Å²) in [5.41, 5.74) is 5.68. The third kappa shape index (κ3) is 4.24. The summed E-state index contributed by atoms with van der Waals surface area (Å²) in [7, 11) is -3.16. The van der Waals surface area contributed by atoms with Crippen LogP contribution in [0.25, 0.3) is 0 Å². The van der Waals surface area contributed by atoms with Gasteiger partial charge in [0.1, 0.15) is 17.2 Å². The largest absolute Gasteiger partial charge is 0.495 e. The second kappa shape index (κ2) is 6.41. The Labute approximate surface area is 129 Å². The van der Waals surface area contributed by atoms with Crippen LogP contribution >= 0.6 is 15.9 Å². The molecule has 0 aliphatic heterocycles. The smallest absolute Gasteiger partial charge is 0.402 e. The van der Waals surface area contributed by atoms with Gasteiger partial charge in [-0.15, -0.1) is 0 Å². The van der Waals surface area contributed by atoms with Crippen LogP contribution in [0.4, 0.5) is 18.9 Å². The average Bonchev–Trinajstić information content (AvgIpc) is 2.37. The molecule has 0 aliphatic rings. The van der Waals surface area contributed by atoms with Gasteiger partial charge in [0.2, 0.25) is 10.0 Å². The van der Waals surface area contributed by atoms with Crippen molar-refractivity contribution in [2.24, 2.45) is 0 Å². The molecule has 21 heavy (non-hydrogen) atoms. The first kappa shape index (κ1) is 18.1. The first-order valence-electron chi connectivity index (χ1n) is 5.72. The van der Waals surface area contributed by atoms with Gasteiger partial charge in [-0.05, 0) is 28.1 Å². The van der Waals surface area contributed by atoms with Crippen LogP contribution in [0.3, 0.4) is 0 Å². The minimum atomic E-state index is -4.64. The van der Waals surface area contributed by atoms with Gasteiger partial charge < -0.3 is 10.5 Å². The molecule has 120 valence electrons. The topological polar surface area (TPSA) is 72.6 Å². The molecule has 0 fully saturated rings. The number of nitrogens with zero attached hydrogens (tertiary/aromatic N) is 1. The van der Waals surface area contributed by atoms with E-state index in [0.717, 1.165) is 6.07 Å². The number of nitrogen functional groups attached to an aromatic ring is 1. The van der Waals surface area contributed by atoms with Gasteiger partial charge in [-0.25, -0.2) is 8.42 Å². The van der Waals surface area contributed by atoms with E-state index < -0.39 is 27.6 Å². The lowest BCUT2D eigenvalue weighted by Gasteiger charge is -2.23. The number of ether oxygens (including phenoxy) is 1. The number of anilines is 1. The van der Waals surface area contributed by atoms with Crippen molar-refractivity contribution >= 4 is 31.6 Å². The fourth-order valence-corrected chi connectivity index (χ4v) is 3.55. The van der Waals surface area contributed by atoms with Crippen molar-refractivity contribution in [1.82, 2.24) is 4.31 Å². The first-order chi connectivity index (χ1) is 9.52. The lowest BCUT2D eigenvalue weighted by atomic mass is 10.3. The second-order valence-corrected chi connectivity index (χ2v) is 6.83. The van der Waals surface area contributed by atoms with Crippen molar-refractivity contribution in [3.8, 4) is 5.75 Å². The normalized spacial score (nSPS) is 12.7. The van der Waals surface area contributed by atoms with Crippen molar-refractivity contribution in [3.05, 3.63) is 16.6 Å². The molecule has 10 heteroatoms. The van der Waals surface area contributed by atoms with Gasteiger partial charge in [-0.2, -0.15) is 17.5 Å². The molecule has 0 bridgehead atoms. The molecule has 0 spiro atoms. The zero-order valence-electron chi connectivity index (χ0n) is 11.2. The molecule has 0 radical (unpaired) electrons. The Hall–Kier alpha value is -1.00. The summed E-state index contributed by atoms with van der Waals surface area (Å²) in [5, 5.41) is 0. The average molecular weight is 391 g/mol. The highest BCUT2D eigenvalue weighted by Crippen LogP contribution is 2.34. The molecule has 0 saturated carbocycles. The highest BCUT2D eigenvalue weighted by molar-refractivity contribution is 9.10. The van der Waals surface area contributed by atoms with Gasteiger partial charge in [-0.3, -0.25) is 0 Å². The number of sulfonamides is 1. The van der Waals surface area contributed by atoms with Crippen molar-refractivity contribution < 1.29 is 26.3 Å². The number of alkyl halides is 3. The standard InChI is InChI=1S/C11H14BrF3N2O3S/c1-3-17(6-11(13,14)15)21(18,19)10-5-8(16)7(12)4-9(10)20-2/h4-5H,3,6,16H2,1-2H3. The summed E-state index contributed by atoms with van der Waals surface area (Å²) in [6, 6.07) is 2.36. The van der Waals surface area contributed by atoms with Crippen molar-refractivity contribution in [2.45, 2.75) is 18.0 Å². The van der Waals surface area contributed by atoms with Crippen LogP contribution < -0.4 is 10.5 Å². The number of benzene rings is 1. The minimum absolute atomic E-state index is 0.0810. The Morgan fingerprint density at radius 1 is 1.38 bits per heavy atom. The van der Waals surface area contributed by atoms with Gasteiger partial charge in [0.15, 0.2) is 0 Å². The molecule has 1 aromatic carbocycles. The maximum atomic E-state index is 12.5. The Bertz CT molecular complexity index is 620. The molecule has 0 saturated heterocycles. The SMILES string of the molecule is CCN(CC(F)(F)F)S(=O)(=O)c1cc(N)c(Br)cc1OC. The molecule has 1 rings (SSSR count). The van der Waals surface area contributed by atoms with E-state index in [-0.39, 0.29) is 18.0 Å². The highest BCUT2D eigenvalue weighted by atomic mass is 79.9. The minimum Gasteiger partial charge on any atom is -0.495 e. The molecule has 5 nitrogen and oxygen atoms in total. The summed E-state index contributed by atoms with van der Waals surface area (Å²) in [6.45, 7) is -0.593. The molecule has 1 aromatic rings. The highest BCUT2D eigenvalue weighted by Gasteiger charge is 2.37. The van der Waals surface area contributed by atoms with E-state index >= 15 is 0 Å². The summed E-state index contributed by atoms with van der Waals surface area (Å²) in [5.74, 6) is -0.0864. The van der Waals surface area contributed by atoms with E-state index in [0.29, 0.717) is 8.78 Å². The van der Waals surface area contributed by atoms with Crippen molar-refractivity contribution in [3.63, 3.8) is 0 Å². The zero-order chi connectivity index (χ0) is 16.4. The quantitative estimate of drug-likeness (QED) is 0.784. The Balaban J connectivity index is 3.38. The van der Waals surface area contributed by atoms with Crippen LogP contribution in [-0.4, -0.2) is 39.1 Å². The molecule has 0 unspecified atom stereocenters. The first-order valence-corrected chi connectivity index (χ1v) is 7.96. The van der Waals surface area contributed by atoms with E-state index in [1.165, 1.54) is 20.1 Å². The number of rotatable bonds is 5. The fourth-order valence-electron chi connectivity index (χ4n) is 1.62. The van der Waals surface area contributed by atoms with Crippen LogP contribution in [0.5, 0.6) is 5.75 Å². The second-order valence-electron chi connectivity index (χ2n) is 4.07. The lowest BCUT2D eigenvalue weighted by molar-refractivity contribution is -0.135. The van der Waals surface area contributed by atoms with Crippen LogP contribution in [0, 0.1) is 0 Å². The zero-order valence-corrected chi connectivity index (χ0v) is 13.6. The van der Waals surface area contributed by atoms with Crippen LogP contribution in [-0.2, 0) is 10.0 Å². The van der Waals surface area contributed by atoms with E-state index in [1.54, 1.807) is 0 Å². The molecular formula is C11H14BrF3N2O3S. The number of methoxy groups -OCH3 is 1. The summed E-state index contributed by atoms with van der Waals surface area (Å²) >= 11 is 3.10. The third-order valence-corrected chi connectivity index (χ3v) is 5.24. The number of hydrogen-bond donors (Lipinski definition) is 1. The van der Waals surface area contributed by atoms with E-state index in [9.17, 15) is 21.6 Å². The van der Waals surface area contributed by atoms with Gasteiger partial charge in [-0.1, -0.05) is 6.92 Å². The summed E-state index contributed by atoms with van der Waals surface area (Å²) in [4.78, 5) is -0.406. The van der Waals surface area contributed by atoms with Crippen LogP contribution in [0.15, 0.2) is 21.5 Å². The van der Waals surface area contributed by atoms with Crippen molar-refractivity contribution in [1.29, 1.82) is 0 Å². The Kier molecular flexibility index (Phi) is 5.51. The molecule has 0 heterocycles. The molecule has 0 aliphatic carbocycles. The fraction of sp³-hybridized carbons (Fsp3) is 0.455. The number of halogens is 4. The third-order valence-electron chi connectivity index (χ3n) is 2.61.